The van der Waals surface area contributed by atoms with E-state index in [0.29, 0.717) is 38.3 Å². The summed E-state index contributed by atoms with van der Waals surface area (Å²) in [5.74, 6) is -0.0613. The first-order valence-electron chi connectivity index (χ1n) is 10.4. The number of nitrogens with zero attached hydrogens (tertiary/aromatic N) is 5. The van der Waals surface area contributed by atoms with Crippen molar-refractivity contribution in [2.45, 2.75) is 52.7 Å². The second-order valence-electron chi connectivity index (χ2n) is 8.54. The first-order valence-corrected chi connectivity index (χ1v) is 10.4. The van der Waals surface area contributed by atoms with Gasteiger partial charge < -0.3 is 14.5 Å². The van der Waals surface area contributed by atoms with Gasteiger partial charge in [0.05, 0.1) is 12.2 Å². The summed E-state index contributed by atoms with van der Waals surface area (Å²) in [6.07, 6.45) is 4.53. The van der Waals surface area contributed by atoms with E-state index < -0.39 is 5.60 Å². The maximum atomic E-state index is 13.4. The molecule has 0 saturated heterocycles. The van der Waals surface area contributed by atoms with Crippen molar-refractivity contribution in [3.63, 3.8) is 0 Å². The predicted octanol–water partition coefficient (Wildman–Crippen LogP) is 2.81. The van der Waals surface area contributed by atoms with Crippen molar-refractivity contribution < 1.29 is 14.3 Å². The van der Waals surface area contributed by atoms with Crippen molar-refractivity contribution in [3.8, 4) is 0 Å². The van der Waals surface area contributed by atoms with Gasteiger partial charge in [0.1, 0.15) is 11.3 Å². The summed E-state index contributed by atoms with van der Waals surface area (Å²) in [7, 11) is 1.79. The first kappa shape index (κ1) is 21.8. The van der Waals surface area contributed by atoms with E-state index >= 15 is 0 Å². The molecule has 162 valence electrons. The van der Waals surface area contributed by atoms with Crippen LogP contribution in [0.15, 0.2) is 24.5 Å². The second-order valence-corrected chi connectivity index (χ2v) is 8.54. The van der Waals surface area contributed by atoms with Gasteiger partial charge in [0.25, 0.3) is 5.91 Å². The van der Waals surface area contributed by atoms with Gasteiger partial charge in [-0.2, -0.15) is 5.10 Å². The second kappa shape index (κ2) is 8.85. The molecule has 0 fully saturated rings. The fourth-order valence-electron chi connectivity index (χ4n) is 3.62. The number of aromatic nitrogens is 3. The van der Waals surface area contributed by atoms with Crippen molar-refractivity contribution in [1.82, 2.24) is 24.6 Å². The zero-order valence-electron chi connectivity index (χ0n) is 18.5. The van der Waals surface area contributed by atoms with Gasteiger partial charge in [-0.1, -0.05) is 0 Å². The van der Waals surface area contributed by atoms with Gasteiger partial charge in [0, 0.05) is 51.1 Å². The van der Waals surface area contributed by atoms with E-state index in [2.05, 4.69) is 10.1 Å². The minimum absolute atomic E-state index is 0.0613. The van der Waals surface area contributed by atoms with Crippen LogP contribution >= 0.6 is 0 Å². The Kier molecular flexibility index (Phi) is 6.43. The van der Waals surface area contributed by atoms with E-state index in [4.69, 9.17) is 4.74 Å². The normalized spacial score (nSPS) is 13.7. The Labute approximate surface area is 177 Å². The zero-order valence-corrected chi connectivity index (χ0v) is 18.5. The third-order valence-corrected chi connectivity index (χ3v) is 5.14. The van der Waals surface area contributed by atoms with E-state index in [1.165, 1.54) is 0 Å². The lowest BCUT2D eigenvalue weighted by molar-refractivity contribution is 0.0222. The number of hydrogen-bond donors (Lipinski definition) is 0. The maximum Gasteiger partial charge on any atom is 0.410 e. The molecule has 2 amide bonds. The molecule has 0 unspecified atom stereocenters. The molecule has 0 saturated carbocycles. The Morgan fingerprint density at radius 3 is 2.57 bits per heavy atom. The molecule has 30 heavy (non-hydrogen) atoms. The minimum atomic E-state index is -0.559. The SMILES string of the molecule is CCN(CCc1ccncc1)C(=O)c1c2c(nn1C)CCN(C(=O)OC(C)(C)C)C2. The van der Waals surface area contributed by atoms with Gasteiger partial charge >= 0.3 is 6.09 Å². The van der Waals surface area contributed by atoms with E-state index in [1.54, 1.807) is 29.0 Å². The minimum Gasteiger partial charge on any atom is -0.444 e. The number of rotatable bonds is 5. The maximum absolute atomic E-state index is 13.4. The summed E-state index contributed by atoms with van der Waals surface area (Å²) in [6.45, 7) is 9.59. The molecular formula is C22H31N5O3. The number of fused-ring (bicyclic) bond motifs is 1. The molecule has 0 aliphatic carbocycles. The van der Waals surface area contributed by atoms with Crippen LogP contribution in [-0.4, -0.2) is 61.8 Å². The highest BCUT2D eigenvalue weighted by atomic mass is 16.6. The molecular weight excluding hydrogens is 382 g/mol. The van der Waals surface area contributed by atoms with Crippen LogP contribution in [0.4, 0.5) is 4.79 Å². The lowest BCUT2D eigenvalue weighted by atomic mass is 10.0. The molecule has 0 bridgehead atoms. The van der Waals surface area contributed by atoms with E-state index in [1.807, 2.05) is 44.7 Å². The first-order chi connectivity index (χ1) is 14.2. The fraction of sp³-hybridized carbons (Fsp3) is 0.545. The van der Waals surface area contributed by atoms with Crippen LogP contribution in [0.25, 0.3) is 0 Å². The highest BCUT2D eigenvalue weighted by Crippen LogP contribution is 2.24. The molecule has 0 N–H and O–H groups in total. The van der Waals surface area contributed by atoms with Gasteiger partial charge in [0.2, 0.25) is 0 Å². The summed E-state index contributed by atoms with van der Waals surface area (Å²) in [5.41, 5.74) is 2.83. The summed E-state index contributed by atoms with van der Waals surface area (Å²) in [5, 5.41) is 4.56. The Bertz CT molecular complexity index is 901. The predicted molar refractivity (Wildman–Crippen MR) is 113 cm³/mol. The van der Waals surface area contributed by atoms with Gasteiger partial charge in [-0.05, 0) is 51.8 Å². The molecule has 8 heteroatoms. The van der Waals surface area contributed by atoms with Gasteiger partial charge in [0.15, 0.2) is 0 Å². The van der Waals surface area contributed by atoms with Crippen LogP contribution < -0.4 is 0 Å². The van der Waals surface area contributed by atoms with Gasteiger partial charge in [-0.3, -0.25) is 14.5 Å². The number of hydrogen-bond acceptors (Lipinski definition) is 5. The van der Waals surface area contributed by atoms with Crippen LogP contribution in [0.2, 0.25) is 0 Å². The van der Waals surface area contributed by atoms with Gasteiger partial charge in [-0.15, -0.1) is 0 Å². The van der Waals surface area contributed by atoms with Crippen LogP contribution in [-0.2, 0) is 31.2 Å². The molecule has 2 aromatic rings. The Morgan fingerprint density at radius 1 is 1.23 bits per heavy atom. The Morgan fingerprint density at radius 2 is 1.93 bits per heavy atom. The van der Waals surface area contributed by atoms with Crippen molar-refractivity contribution in [2.24, 2.45) is 7.05 Å². The molecule has 1 aliphatic heterocycles. The van der Waals surface area contributed by atoms with E-state index in [-0.39, 0.29) is 12.0 Å². The van der Waals surface area contributed by atoms with E-state index in [9.17, 15) is 9.59 Å². The van der Waals surface area contributed by atoms with E-state index in [0.717, 1.165) is 23.2 Å². The van der Waals surface area contributed by atoms with Crippen molar-refractivity contribution >= 4 is 12.0 Å². The average molecular weight is 414 g/mol. The molecule has 0 spiro atoms. The zero-order chi connectivity index (χ0) is 21.9. The van der Waals surface area contributed by atoms with Crippen LogP contribution in [0.1, 0.15) is 55.0 Å². The lowest BCUT2D eigenvalue weighted by Crippen LogP contribution is -2.41. The number of carbonyl (C=O) groups excluding carboxylic acids is 2. The summed E-state index contributed by atoms with van der Waals surface area (Å²) < 4.78 is 7.17. The fourth-order valence-corrected chi connectivity index (χ4v) is 3.62. The van der Waals surface area contributed by atoms with Crippen molar-refractivity contribution in [3.05, 3.63) is 47.0 Å². The molecule has 3 rings (SSSR count). The highest BCUT2D eigenvalue weighted by molar-refractivity contribution is 5.94. The number of pyridine rings is 1. The molecule has 0 aromatic carbocycles. The van der Waals surface area contributed by atoms with Crippen molar-refractivity contribution in [2.75, 3.05) is 19.6 Å². The Hall–Kier alpha value is -2.90. The number of likely N-dealkylation sites (N-methyl/N-ethyl adjacent to an activating group) is 1. The van der Waals surface area contributed by atoms with Crippen LogP contribution in [0.5, 0.6) is 0 Å². The summed E-state index contributed by atoms with van der Waals surface area (Å²) >= 11 is 0. The third-order valence-electron chi connectivity index (χ3n) is 5.14. The van der Waals surface area contributed by atoms with Crippen LogP contribution in [0.3, 0.4) is 0 Å². The molecule has 3 heterocycles. The van der Waals surface area contributed by atoms with Crippen LogP contribution in [0, 0.1) is 0 Å². The monoisotopic (exact) mass is 413 g/mol. The topological polar surface area (TPSA) is 80.6 Å². The summed E-state index contributed by atoms with van der Waals surface area (Å²) in [6, 6.07) is 3.92. The number of carbonyl (C=O) groups is 2. The largest absolute Gasteiger partial charge is 0.444 e. The molecule has 8 nitrogen and oxygen atoms in total. The molecule has 0 radical (unpaired) electrons. The standard InChI is InChI=1S/C22H31N5O3/c1-6-26(13-9-16-7-11-23-12-8-16)20(28)19-17-15-27(21(29)30-22(2,3)4)14-10-18(17)24-25(19)5/h7-8,11-12H,6,9-10,13-15H2,1-5H3. The highest BCUT2D eigenvalue weighted by Gasteiger charge is 2.32. The third kappa shape index (κ3) is 4.98. The smallest absolute Gasteiger partial charge is 0.410 e. The molecule has 1 aliphatic rings. The number of amides is 2. The number of aryl methyl sites for hydroxylation is 1. The quantitative estimate of drug-likeness (QED) is 0.753. The Balaban J connectivity index is 1.77. The number of ether oxygens (including phenoxy) is 1. The summed E-state index contributed by atoms with van der Waals surface area (Å²) in [4.78, 5) is 33.4. The lowest BCUT2D eigenvalue weighted by Gasteiger charge is -2.30. The average Bonchev–Trinajstić information content (AvgIpc) is 3.02. The molecule has 2 aromatic heterocycles. The van der Waals surface area contributed by atoms with Gasteiger partial charge in [-0.25, -0.2) is 4.79 Å². The van der Waals surface area contributed by atoms with Crippen molar-refractivity contribution in [1.29, 1.82) is 0 Å². The molecule has 0 atom stereocenters.